The van der Waals surface area contributed by atoms with Gasteiger partial charge in [-0.2, -0.15) is 0 Å². The van der Waals surface area contributed by atoms with E-state index < -0.39 is 6.10 Å². The van der Waals surface area contributed by atoms with Gasteiger partial charge in [0.15, 0.2) is 6.10 Å². The van der Waals surface area contributed by atoms with Crippen LogP contribution in [0, 0.1) is 0 Å². The molecule has 1 aliphatic rings. The van der Waals surface area contributed by atoms with Crippen molar-refractivity contribution in [1.29, 1.82) is 0 Å². The van der Waals surface area contributed by atoms with Gasteiger partial charge in [-0.25, -0.2) is 0 Å². The van der Waals surface area contributed by atoms with Gasteiger partial charge in [0, 0.05) is 24.5 Å². The molecule has 0 spiro atoms. The fourth-order valence-corrected chi connectivity index (χ4v) is 3.48. The number of morpholine rings is 1. The summed E-state index contributed by atoms with van der Waals surface area (Å²) in [5, 5.41) is 5.00. The van der Waals surface area contributed by atoms with Crippen molar-refractivity contribution < 1.29 is 19.0 Å². The standard InChI is InChI=1S/C24H26N2O4/c1-17(30-23-10-4-18-3-9-22(28-2)15-19(18)16-23)24(27)25-20-5-7-21(8-6-20)26-11-13-29-14-12-26/h3-10,15-17H,11-14H2,1-2H3,(H,25,27)/t17-/m0/s1. The molecular weight excluding hydrogens is 380 g/mol. The van der Waals surface area contributed by atoms with E-state index in [0.717, 1.165) is 54.2 Å². The van der Waals surface area contributed by atoms with Crippen LogP contribution in [0.25, 0.3) is 10.8 Å². The van der Waals surface area contributed by atoms with Gasteiger partial charge >= 0.3 is 0 Å². The third kappa shape index (κ3) is 4.66. The number of carbonyl (C=O) groups excluding carboxylic acids is 1. The smallest absolute Gasteiger partial charge is 0.265 e. The molecule has 4 rings (SSSR count). The van der Waals surface area contributed by atoms with Crippen LogP contribution in [0.4, 0.5) is 11.4 Å². The van der Waals surface area contributed by atoms with E-state index in [9.17, 15) is 4.79 Å². The van der Waals surface area contributed by atoms with Crippen LogP contribution in [0.5, 0.6) is 11.5 Å². The van der Waals surface area contributed by atoms with Gasteiger partial charge < -0.3 is 24.4 Å². The molecule has 30 heavy (non-hydrogen) atoms. The Morgan fingerprint density at radius 3 is 2.33 bits per heavy atom. The number of amides is 1. The lowest BCUT2D eigenvalue weighted by Crippen LogP contribution is -2.36. The number of anilines is 2. The van der Waals surface area contributed by atoms with E-state index in [0.29, 0.717) is 5.75 Å². The monoisotopic (exact) mass is 406 g/mol. The summed E-state index contributed by atoms with van der Waals surface area (Å²) in [6, 6.07) is 19.5. The molecule has 1 aliphatic heterocycles. The zero-order chi connectivity index (χ0) is 20.9. The molecule has 3 aromatic carbocycles. The van der Waals surface area contributed by atoms with Crippen molar-refractivity contribution in [2.45, 2.75) is 13.0 Å². The summed E-state index contributed by atoms with van der Waals surface area (Å²) >= 11 is 0. The lowest BCUT2D eigenvalue weighted by atomic mass is 10.1. The fourth-order valence-electron chi connectivity index (χ4n) is 3.48. The maximum atomic E-state index is 12.6. The van der Waals surface area contributed by atoms with Crippen LogP contribution in [0.15, 0.2) is 60.7 Å². The predicted octanol–water partition coefficient (Wildman–Crippen LogP) is 4.09. The van der Waals surface area contributed by atoms with Crippen LogP contribution >= 0.6 is 0 Å². The summed E-state index contributed by atoms with van der Waals surface area (Å²) in [6.07, 6.45) is -0.632. The highest BCUT2D eigenvalue weighted by Crippen LogP contribution is 2.26. The zero-order valence-electron chi connectivity index (χ0n) is 17.3. The number of fused-ring (bicyclic) bond motifs is 1. The molecule has 0 radical (unpaired) electrons. The molecule has 3 aromatic rings. The van der Waals surface area contributed by atoms with E-state index >= 15 is 0 Å². The Morgan fingerprint density at radius 2 is 1.63 bits per heavy atom. The van der Waals surface area contributed by atoms with Crippen LogP contribution in [0.2, 0.25) is 0 Å². The molecule has 1 fully saturated rings. The minimum absolute atomic E-state index is 0.195. The van der Waals surface area contributed by atoms with Crippen LogP contribution in [0.3, 0.4) is 0 Å². The largest absolute Gasteiger partial charge is 0.497 e. The minimum atomic E-state index is -0.632. The molecule has 1 amide bonds. The van der Waals surface area contributed by atoms with Crippen molar-refractivity contribution in [2.75, 3.05) is 43.6 Å². The van der Waals surface area contributed by atoms with Gasteiger partial charge in [0.2, 0.25) is 0 Å². The second kappa shape index (κ2) is 9.05. The van der Waals surface area contributed by atoms with Crippen molar-refractivity contribution in [3.63, 3.8) is 0 Å². The molecule has 1 N–H and O–H groups in total. The molecule has 1 heterocycles. The number of hydrogen-bond donors (Lipinski definition) is 1. The van der Waals surface area contributed by atoms with Crippen molar-refractivity contribution in [2.24, 2.45) is 0 Å². The van der Waals surface area contributed by atoms with E-state index in [1.807, 2.05) is 60.7 Å². The third-order valence-corrected chi connectivity index (χ3v) is 5.21. The minimum Gasteiger partial charge on any atom is -0.497 e. The molecule has 6 nitrogen and oxygen atoms in total. The quantitative estimate of drug-likeness (QED) is 0.668. The Bertz CT molecular complexity index is 1010. The number of hydrogen-bond acceptors (Lipinski definition) is 5. The first-order chi connectivity index (χ1) is 14.6. The lowest BCUT2D eigenvalue weighted by molar-refractivity contribution is -0.122. The Morgan fingerprint density at radius 1 is 0.967 bits per heavy atom. The van der Waals surface area contributed by atoms with Gasteiger partial charge in [-0.1, -0.05) is 12.1 Å². The van der Waals surface area contributed by atoms with Crippen molar-refractivity contribution >= 4 is 28.1 Å². The summed E-state index contributed by atoms with van der Waals surface area (Å²) in [6.45, 7) is 5.00. The number of benzene rings is 3. The normalized spacial score (nSPS) is 14.9. The highest BCUT2D eigenvalue weighted by Gasteiger charge is 2.16. The Kier molecular flexibility index (Phi) is 6.05. The number of nitrogens with zero attached hydrogens (tertiary/aromatic N) is 1. The van der Waals surface area contributed by atoms with Crippen molar-refractivity contribution in [3.8, 4) is 11.5 Å². The summed E-state index contributed by atoms with van der Waals surface area (Å²) in [5.41, 5.74) is 1.88. The van der Waals surface area contributed by atoms with Crippen molar-refractivity contribution in [1.82, 2.24) is 0 Å². The molecule has 0 bridgehead atoms. The average molecular weight is 406 g/mol. The average Bonchev–Trinajstić information content (AvgIpc) is 2.79. The van der Waals surface area contributed by atoms with Gasteiger partial charge in [-0.3, -0.25) is 4.79 Å². The number of ether oxygens (including phenoxy) is 3. The van der Waals surface area contributed by atoms with Crippen LogP contribution < -0.4 is 19.7 Å². The van der Waals surface area contributed by atoms with E-state index in [1.165, 1.54) is 0 Å². The van der Waals surface area contributed by atoms with E-state index in [-0.39, 0.29) is 5.91 Å². The first-order valence-electron chi connectivity index (χ1n) is 10.1. The summed E-state index contributed by atoms with van der Waals surface area (Å²) in [4.78, 5) is 14.9. The summed E-state index contributed by atoms with van der Waals surface area (Å²) < 4.78 is 16.5. The Labute approximate surface area is 176 Å². The molecule has 1 saturated heterocycles. The molecule has 0 unspecified atom stereocenters. The first kappa shape index (κ1) is 20.0. The fraction of sp³-hybridized carbons (Fsp3) is 0.292. The number of nitrogens with one attached hydrogen (secondary N) is 1. The summed E-state index contributed by atoms with van der Waals surface area (Å²) in [5.74, 6) is 1.23. The number of rotatable bonds is 6. The predicted molar refractivity (Wildman–Crippen MR) is 119 cm³/mol. The highest BCUT2D eigenvalue weighted by molar-refractivity contribution is 5.94. The maximum absolute atomic E-state index is 12.6. The summed E-state index contributed by atoms with van der Waals surface area (Å²) in [7, 11) is 1.64. The Hall–Kier alpha value is -3.25. The highest BCUT2D eigenvalue weighted by atomic mass is 16.5. The second-order valence-electron chi connectivity index (χ2n) is 7.27. The van der Waals surface area contributed by atoms with E-state index in [4.69, 9.17) is 14.2 Å². The van der Waals surface area contributed by atoms with Gasteiger partial charge in [-0.05, 0) is 66.2 Å². The molecular formula is C24H26N2O4. The molecule has 6 heteroatoms. The number of methoxy groups -OCH3 is 1. The Balaban J connectivity index is 1.38. The van der Waals surface area contributed by atoms with Crippen LogP contribution in [0.1, 0.15) is 6.92 Å². The SMILES string of the molecule is COc1ccc2ccc(O[C@@H](C)C(=O)Nc3ccc(N4CCOCC4)cc3)cc2c1. The third-order valence-electron chi connectivity index (χ3n) is 5.21. The molecule has 0 aliphatic carbocycles. The molecule has 0 saturated carbocycles. The van der Waals surface area contributed by atoms with Crippen LogP contribution in [-0.2, 0) is 9.53 Å². The molecule has 156 valence electrons. The maximum Gasteiger partial charge on any atom is 0.265 e. The number of carbonyl (C=O) groups is 1. The van der Waals surface area contributed by atoms with Crippen molar-refractivity contribution in [3.05, 3.63) is 60.7 Å². The molecule has 0 aromatic heterocycles. The zero-order valence-corrected chi connectivity index (χ0v) is 17.3. The van der Waals surface area contributed by atoms with Gasteiger partial charge in [-0.15, -0.1) is 0 Å². The van der Waals surface area contributed by atoms with E-state index in [1.54, 1.807) is 14.0 Å². The van der Waals surface area contributed by atoms with Gasteiger partial charge in [0.25, 0.3) is 5.91 Å². The van der Waals surface area contributed by atoms with Gasteiger partial charge in [0.1, 0.15) is 11.5 Å². The second-order valence-corrected chi connectivity index (χ2v) is 7.27. The topological polar surface area (TPSA) is 60.0 Å². The first-order valence-corrected chi connectivity index (χ1v) is 10.1. The van der Waals surface area contributed by atoms with Gasteiger partial charge in [0.05, 0.1) is 20.3 Å². The lowest BCUT2D eigenvalue weighted by Gasteiger charge is -2.29. The van der Waals surface area contributed by atoms with E-state index in [2.05, 4.69) is 10.2 Å². The molecule has 1 atom stereocenters. The van der Waals surface area contributed by atoms with Crippen LogP contribution in [-0.4, -0.2) is 45.4 Å².